The van der Waals surface area contributed by atoms with Crippen LogP contribution in [0.4, 0.5) is 0 Å². The normalized spacial score (nSPS) is 16.8. The Bertz CT molecular complexity index is 1150. The van der Waals surface area contributed by atoms with Gasteiger partial charge in [-0.2, -0.15) is 0 Å². The van der Waals surface area contributed by atoms with E-state index in [4.69, 9.17) is 14.6 Å². The second-order valence-electron chi connectivity index (χ2n) is 8.62. The number of aliphatic hydroxyl groups is 3. The van der Waals surface area contributed by atoms with Crippen LogP contribution in [0.25, 0.3) is 0 Å². The lowest BCUT2D eigenvalue weighted by atomic mass is 9.90. The van der Waals surface area contributed by atoms with Crippen molar-refractivity contribution in [3.63, 3.8) is 0 Å². The average Bonchev–Trinajstić information content (AvgIpc) is 2.87. The number of nitrogens with two attached hydrogens (primary N) is 1. The van der Waals surface area contributed by atoms with Gasteiger partial charge in [-0.1, -0.05) is 30.3 Å². The van der Waals surface area contributed by atoms with E-state index in [0.717, 1.165) is 23.3 Å². The number of primary sulfonamides is 1. The molecule has 10 heteroatoms. The Kier molecular flexibility index (Phi) is 10.5. The van der Waals surface area contributed by atoms with Crippen LogP contribution in [0.5, 0.6) is 5.75 Å². The van der Waals surface area contributed by atoms with E-state index in [1.165, 1.54) is 18.2 Å². The van der Waals surface area contributed by atoms with E-state index in [9.17, 15) is 23.7 Å². The van der Waals surface area contributed by atoms with Crippen molar-refractivity contribution in [2.24, 2.45) is 11.1 Å². The number of benzene rings is 2. The fourth-order valence-electron chi connectivity index (χ4n) is 3.77. The topological polar surface area (TPSA) is 151 Å². The van der Waals surface area contributed by atoms with Gasteiger partial charge in [0, 0.05) is 12.5 Å². The van der Waals surface area contributed by atoms with E-state index in [-0.39, 0.29) is 29.8 Å². The summed E-state index contributed by atoms with van der Waals surface area (Å²) in [4.78, 5) is 0.0581. The van der Waals surface area contributed by atoms with E-state index in [0.29, 0.717) is 38.3 Å². The van der Waals surface area contributed by atoms with Crippen LogP contribution >= 0.6 is 0 Å². The Morgan fingerprint density at radius 2 is 1.86 bits per heavy atom. The van der Waals surface area contributed by atoms with Crippen molar-refractivity contribution in [3.8, 4) is 5.75 Å². The van der Waals surface area contributed by atoms with E-state index < -0.39 is 16.1 Å². The van der Waals surface area contributed by atoms with Crippen molar-refractivity contribution in [2.75, 3.05) is 32.9 Å². The van der Waals surface area contributed by atoms with Crippen molar-refractivity contribution in [3.05, 3.63) is 83.1 Å². The number of ether oxygens (including phenoxy) is 2. The third-order valence-corrected chi connectivity index (χ3v) is 6.77. The van der Waals surface area contributed by atoms with Gasteiger partial charge in [0.05, 0.1) is 36.6 Å². The summed E-state index contributed by atoms with van der Waals surface area (Å²) in [6.07, 6.45) is 3.81. The quantitative estimate of drug-likeness (QED) is 0.238. The highest BCUT2D eigenvalue weighted by Crippen LogP contribution is 2.25. The monoisotopic (exact) mass is 518 g/mol. The fourth-order valence-corrected chi connectivity index (χ4v) is 4.35. The highest BCUT2D eigenvalue weighted by molar-refractivity contribution is 7.89. The first-order valence-electron chi connectivity index (χ1n) is 11.8. The lowest BCUT2D eigenvalue weighted by molar-refractivity contribution is 0.0888. The van der Waals surface area contributed by atoms with Crippen molar-refractivity contribution in [1.29, 1.82) is 0 Å². The van der Waals surface area contributed by atoms with Gasteiger partial charge in [0.25, 0.3) is 0 Å². The number of hydrogen-bond acceptors (Lipinski definition) is 8. The van der Waals surface area contributed by atoms with Crippen molar-refractivity contribution in [2.45, 2.75) is 30.4 Å². The molecular formula is C26H34N2O7S. The van der Waals surface area contributed by atoms with Crippen molar-refractivity contribution >= 4 is 10.0 Å². The molecule has 2 unspecified atom stereocenters. The summed E-state index contributed by atoms with van der Waals surface area (Å²) in [6.45, 7) is 1.89. The van der Waals surface area contributed by atoms with Gasteiger partial charge >= 0.3 is 0 Å². The first-order valence-corrected chi connectivity index (χ1v) is 13.3. The Labute approximate surface area is 211 Å². The molecule has 0 heterocycles. The molecular weight excluding hydrogens is 484 g/mol. The molecule has 3 rings (SSSR count). The van der Waals surface area contributed by atoms with Crippen LogP contribution < -0.4 is 15.2 Å². The molecule has 1 aliphatic rings. The van der Waals surface area contributed by atoms with Gasteiger partial charge in [-0.15, -0.1) is 0 Å². The number of rotatable bonds is 14. The lowest BCUT2D eigenvalue weighted by Gasteiger charge is -2.23. The Hall–Kier alpha value is -2.73. The molecule has 9 nitrogen and oxygen atoms in total. The van der Waals surface area contributed by atoms with Gasteiger partial charge in [0.1, 0.15) is 12.4 Å². The molecule has 0 spiro atoms. The van der Waals surface area contributed by atoms with Crippen LogP contribution in [0.2, 0.25) is 0 Å². The smallest absolute Gasteiger partial charge is 0.238 e. The molecule has 1 aliphatic carbocycles. The second kappa shape index (κ2) is 13.5. The maximum Gasteiger partial charge on any atom is 0.238 e. The zero-order valence-corrected chi connectivity index (χ0v) is 20.9. The van der Waals surface area contributed by atoms with Gasteiger partial charge in [0.2, 0.25) is 10.0 Å². The third-order valence-electron chi connectivity index (χ3n) is 5.86. The maximum absolute atomic E-state index is 11.4. The number of aliphatic hydroxyl groups excluding tert-OH is 3. The predicted molar refractivity (Wildman–Crippen MR) is 136 cm³/mol. The molecule has 2 aromatic rings. The Morgan fingerprint density at radius 3 is 2.58 bits per heavy atom. The summed E-state index contributed by atoms with van der Waals surface area (Å²) < 4.78 is 34.1. The minimum atomic E-state index is -3.74. The molecule has 36 heavy (non-hydrogen) atoms. The van der Waals surface area contributed by atoms with Crippen molar-refractivity contribution < 1.29 is 33.2 Å². The summed E-state index contributed by atoms with van der Waals surface area (Å²) in [6, 6.07) is 14.1. The van der Waals surface area contributed by atoms with Gasteiger partial charge in [-0.3, -0.25) is 0 Å². The standard InChI is InChI=1S/C26H34N2O7S/c27-36(32,33)24-3-1-2-20(14-24)18-34-12-13-35-23-7-4-19(5-8-23)10-11-28-16-26(31)21-6-9-25(30)22(15-21)17-29/h1-9,14,22,26,28-31H,10-13,15-18H2,(H2,27,32,33). The molecule has 0 aromatic heterocycles. The molecule has 0 bridgehead atoms. The van der Waals surface area contributed by atoms with Crippen LogP contribution in [0, 0.1) is 5.92 Å². The molecule has 0 saturated heterocycles. The molecule has 6 N–H and O–H groups in total. The van der Waals surface area contributed by atoms with E-state index in [1.54, 1.807) is 18.2 Å². The highest BCUT2D eigenvalue weighted by atomic mass is 32.2. The van der Waals surface area contributed by atoms with Gasteiger partial charge < -0.3 is 30.1 Å². The van der Waals surface area contributed by atoms with Crippen LogP contribution in [0.1, 0.15) is 17.5 Å². The Balaban J connectivity index is 1.31. The summed E-state index contributed by atoms with van der Waals surface area (Å²) >= 11 is 0. The molecule has 2 aromatic carbocycles. The highest BCUT2D eigenvalue weighted by Gasteiger charge is 2.22. The molecule has 0 amide bonds. The summed E-state index contributed by atoms with van der Waals surface area (Å²) in [5.74, 6) is 0.525. The average molecular weight is 519 g/mol. The molecule has 0 radical (unpaired) electrons. The summed E-state index contributed by atoms with van der Waals surface area (Å²) in [5.41, 5.74) is 2.63. The van der Waals surface area contributed by atoms with E-state index >= 15 is 0 Å². The van der Waals surface area contributed by atoms with E-state index in [2.05, 4.69) is 5.32 Å². The zero-order valence-electron chi connectivity index (χ0n) is 20.0. The summed E-state index contributed by atoms with van der Waals surface area (Å²) in [7, 11) is -3.74. The van der Waals surface area contributed by atoms with Crippen LogP contribution in [0.3, 0.4) is 0 Å². The van der Waals surface area contributed by atoms with Crippen molar-refractivity contribution in [1.82, 2.24) is 5.32 Å². The minimum Gasteiger partial charge on any atom is -0.512 e. The minimum absolute atomic E-state index is 0.0581. The molecule has 196 valence electrons. The first kappa shape index (κ1) is 27.9. The first-order chi connectivity index (χ1) is 17.3. The second-order valence-corrected chi connectivity index (χ2v) is 10.2. The summed E-state index contributed by atoms with van der Waals surface area (Å²) in [5, 5.41) is 37.7. The van der Waals surface area contributed by atoms with Gasteiger partial charge in [-0.25, -0.2) is 13.6 Å². The van der Waals surface area contributed by atoms with Crippen LogP contribution in [0.15, 0.2) is 76.9 Å². The van der Waals surface area contributed by atoms with Gasteiger partial charge in [-0.05, 0) is 66.4 Å². The number of nitrogens with one attached hydrogen (secondary N) is 1. The number of sulfonamides is 1. The number of hydrogen-bond donors (Lipinski definition) is 5. The third kappa shape index (κ3) is 8.74. The molecule has 0 saturated carbocycles. The van der Waals surface area contributed by atoms with E-state index in [1.807, 2.05) is 24.3 Å². The maximum atomic E-state index is 11.4. The lowest BCUT2D eigenvalue weighted by Crippen LogP contribution is -2.31. The molecule has 0 aliphatic heterocycles. The predicted octanol–water partition coefficient (Wildman–Crippen LogP) is 1.80. The molecule has 0 fully saturated rings. The largest absolute Gasteiger partial charge is 0.512 e. The number of allylic oxidation sites excluding steroid dienone is 2. The van der Waals surface area contributed by atoms with Gasteiger partial charge in [0.15, 0.2) is 0 Å². The van der Waals surface area contributed by atoms with Crippen LogP contribution in [-0.4, -0.2) is 62.8 Å². The molecule has 2 atom stereocenters. The fraction of sp³-hybridized carbons (Fsp3) is 0.385. The van der Waals surface area contributed by atoms with Crippen LogP contribution in [-0.2, 0) is 27.8 Å². The zero-order chi connectivity index (χ0) is 26.0. The Morgan fingerprint density at radius 1 is 1.08 bits per heavy atom. The SMILES string of the molecule is NS(=O)(=O)c1cccc(COCCOc2ccc(CCNCC(O)C3=CC=C(O)C(CO)C3)cc2)c1.